The van der Waals surface area contributed by atoms with Gasteiger partial charge in [0.2, 0.25) is 17.7 Å². The third-order valence-electron chi connectivity index (χ3n) is 8.05. The number of anilines is 3. The molecule has 13 nitrogen and oxygen atoms in total. The molecule has 13 heteroatoms. The molecular formula is C34H35N5O8. The number of carbonyl (C=O) groups is 4. The first-order valence-corrected chi connectivity index (χ1v) is 15.0. The Bertz CT molecular complexity index is 1900. The highest BCUT2D eigenvalue weighted by Crippen LogP contribution is 2.32. The van der Waals surface area contributed by atoms with Gasteiger partial charge in [-0.3, -0.25) is 9.59 Å². The minimum absolute atomic E-state index is 0.0320. The zero-order valence-electron chi connectivity index (χ0n) is 26.5. The van der Waals surface area contributed by atoms with E-state index in [1.54, 1.807) is 54.0 Å². The lowest BCUT2D eigenvalue weighted by Crippen LogP contribution is -2.25. The molecule has 0 saturated heterocycles. The lowest BCUT2D eigenvalue weighted by atomic mass is 10.1. The van der Waals surface area contributed by atoms with Crippen LogP contribution in [0.25, 0.3) is 11.5 Å². The number of aromatic amines is 1. The number of amides is 2. The highest BCUT2D eigenvalue weighted by Gasteiger charge is 2.24. The Morgan fingerprint density at radius 1 is 0.745 bits per heavy atom. The first-order chi connectivity index (χ1) is 22.6. The average Bonchev–Trinajstić information content (AvgIpc) is 3.89. The van der Waals surface area contributed by atoms with E-state index in [-0.39, 0.29) is 29.6 Å². The van der Waals surface area contributed by atoms with Gasteiger partial charge in [0.05, 0.1) is 25.3 Å². The van der Waals surface area contributed by atoms with Crippen molar-refractivity contribution < 1.29 is 33.1 Å². The molecule has 0 atom stereocenters. The van der Waals surface area contributed by atoms with Crippen LogP contribution in [-0.4, -0.2) is 67.8 Å². The monoisotopic (exact) mass is 641 g/mol. The summed E-state index contributed by atoms with van der Waals surface area (Å²) in [5.74, 6) is -0.851. The zero-order valence-corrected chi connectivity index (χ0v) is 26.5. The molecule has 3 aliphatic rings. The third kappa shape index (κ3) is 7.24. The number of benzene rings is 3. The number of hydrogen-bond acceptors (Lipinski definition) is 10. The first kappa shape index (κ1) is 32.7. The molecule has 2 N–H and O–H groups in total. The second-order valence-electron chi connectivity index (χ2n) is 11.0. The van der Waals surface area contributed by atoms with Gasteiger partial charge in [0.25, 0.3) is 0 Å². The quantitative estimate of drug-likeness (QED) is 0.315. The van der Waals surface area contributed by atoms with Crippen LogP contribution in [0.2, 0.25) is 0 Å². The summed E-state index contributed by atoms with van der Waals surface area (Å²) in [5, 5.41) is 9.24. The lowest BCUT2D eigenvalue weighted by molar-refractivity contribution is -0.117. The Morgan fingerprint density at radius 3 is 1.85 bits per heavy atom. The Labute approximate surface area is 270 Å². The topological polar surface area (TPSA) is 164 Å². The van der Waals surface area contributed by atoms with Gasteiger partial charge in [0, 0.05) is 56.1 Å². The smallest absolute Gasteiger partial charge is 0.434 e. The number of ether oxygens (including phenoxy) is 2. The largest absolute Gasteiger partial charge is 0.465 e. The molecule has 4 heterocycles. The van der Waals surface area contributed by atoms with Crippen molar-refractivity contribution in [3.05, 3.63) is 93.0 Å². The maximum atomic E-state index is 11.4. The van der Waals surface area contributed by atoms with Crippen LogP contribution < -0.4 is 20.9 Å². The SMILES string of the molecule is CC(=O)N1CCc2cc(-c3n[nH]c(=O)o3)ccc21.COC(=O)c1ccc2c(c1)CCN2.COC(=O)c1ccc2c(c1)CCN2C(C)=O. The Morgan fingerprint density at radius 2 is 1.30 bits per heavy atom. The molecule has 0 bridgehead atoms. The molecule has 3 aromatic carbocycles. The molecule has 244 valence electrons. The molecule has 7 rings (SSSR count). The number of esters is 2. The summed E-state index contributed by atoms with van der Waals surface area (Å²) >= 11 is 0. The van der Waals surface area contributed by atoms with Gasteiger partial charge in [0.1, 0.15) is 0 Å². The summed E-state index contributed by atoms with van der Waals surface area (Å²) in [7, 11) is 2.76. The van der Waals surface area contributed by atoms with Gasteiger partial charge in [-0.15, -0.1) is 5.10 Å². The molecule has 3 aliphatic heterocycles. The maximum absolute atomic E-state index is 11.4. The van der Waals surface area contributed by atoms with Crippen LogP contribution in [0.4, 0.5) is 17.1 Å². The minimum Gasteiger partial charge on any atom is -0.465 e. The van der Waals surface area contributed by atoms with Crippen LogP contribution in [0.15, 0.2) is 63.8 Å². The van der Waals surface area contributed by atoms with Crippen molar-refractivity contribution in [3.8, 4) is 11.5 Å². The molecule has 2 amide bonds. The van der Waals surface area contributed by atoms with Gasteiger partial charge >= 0.3 is 17.7 Å². The molecule has 0 fully saturated rings. The van der Waals surface area contributed by atoms with E-state index >= 15 is 0 Å². The van der Waals surface area contributed by atoms with Gasteiger partial charge in [-0.2, -0.15) is 0 Å². The number of fused-ring (bicyclic) bond motifs is 3. The van der Waals surface area contributed by atoms with Gasteiger partial charge in [-0.25, -0.2) is 19.5 Å². The van der Waals surface area contributed by atoms with Crippen molar-refractivity contribution in [2.45, 2.75) is 33.1 Å². The molecule has 1 aromatic heterocycles. The molecule has 0 radical (unpaired) electrons. The van der Waals surface area contributed by atoms with Crippen molar-refractivity contribution in [1.82, 2.24) is 10.2 Å². The average molecular weight is 642 g/mol. The number of H-pyrrole nitrogens is 1. The number of rotatable bonds is 3. The van der Waals surface area contributed by atoms with Crippen molar-refractivity contribution in [2.24, 2.45) is 0 Å². The van der Waals surface area contributed by atoms with E-state index in [1.165, 1.54) is 19.8 Å². The fraction of sp³-hybridized carbons (Fsp3) is 0.294. The highest BCUT2D eigenvalue weighted by molar-refractivity contribution is 5.96. The van der Waals surface area contributed by atoms with Crippen molar-refractivity contribution in [1.29, 1.82) is 0 Å². The number of carbonyl (C=O) groups excluding carboxylic acids is 4. The standard InChI is InChI=1S/C12H11N3O3.C12H13NO3.C10H11NO2/c1-7(16)15-5-4-8-6-9(2-3-10(8)15)11-13-14-12(17)18-11;1-8(14)13-6-5-9-7-10(12(15)16-2)3-4-11(9)13;1-13-10(12)8-2-3-9-7(6-8)4-5-11-9/h2-3,6H,4-5H2,1H3,(H,14,17);3-4,7H,5-6H2,1-2H3;2-3,6,11H,4-5H2,1H3. The Balaban J connectivity index is 0.000000140. The summed E-state index contributed by atoms with van der Waals surface area (Å²) in [4.78, 5) is 59.6. The normalized spacial score (nSPS) is 13.5. The number of methoxy groups -OCH3 is 2. The summed E-state index contributed by atoms with van der Waals surface area (Å²) in [6, 6.07) is 16.4. The van der Waals surface area contributed by atoms with Gasteiger partial charge in [0.15, 0.2) is 0 Å². The maximum Gasteiger partial charge on any atom is 0.434 e. The van der Waals surface area contributed by atoms with E-state index in [2.05, 4.69) is 25.0 Å². The molecule has 47 heavy (non-hydrogen) atoms. The summed E-state index contributed by atoms with van der Waals surface area (Å²) in [5.41, 5.74) is 8.14. The fourth-order valence-corrected chi connectivity index (χ4v) is 5.74. The predicted octanol–water partition coefficient (Wildman–Crippen LogP) is 3.76. The number of nitrogens with zero attached hydrogens (tertiary/aromatic N) is 3. The summed E-state index contributed by atoms with van der Waals surface area (Å²) < 4.78 is 14.2. The second kappa shape index (κ2) is 14.1. The van der Waals surface area contributed by atoms with E-state index in [0.717, 1.165) is 59.6 Å². The van der Waals surface area contributed by atoms with Gasteiger partial charge in [-0.1, -0.05) is 0 Å². The molecule has 0 aliphatic carbocycles. The zero-order chi connectivity index (χ0) is 33.7. The number of hydrogen-bond donors (Lipinski definition) is 2. The van der Waals surface area contributed by atoms with E-state index in [4.69, 9.17) is 4.42 Å². The van der Waals surface area contributed by atoms with E-state index in [1.807, 2.05) is 24.3 Å². The van der Waals surface area contributed by atoms with Crippen LogP contribution in [0, 0.1) is 0 Å². The lowest BCUT2D eigenvalue weighted by Gasteiger charge is -2.14. The van der Waals surface area contributed by atoms with E-state index in [9.17, 15) is 24.0 Å². The number of aromatic nitrogens is 2. The molecular weight excluding hydrogens is 606 g/mol. The predicted molar refractivity (Wildman–Crippen MR) is 174 cm³/mol. The van der Waals surface area contributed by atoms with Gasteiger partial charge in [-0.05, 0) is 90.6 Å². The van der Waals surface area contributed by atoms with E-state index in [0.29, 0.717) is 24.2 Å². The second-order valence-corrected chi connectivity index (χ2v) is 11.0. The van der Waals surface area contributed by atoms with Crippen molar-refractivity contribution in [3.63, 3.8) is 0 Å². The van der Waals surface area contributed by atoms with Gasteiger partial charge < -0.3 is 29.0 Å². The van der Waals surface area contributed by atoms with Crippen molar-refractivity contribution >= 4 is 40.8 Å². The number of nitrogens with one attached hydrogen (secondary N) is 2. The Hall–Kier alpha value is -5.72. The summed E-state index contributed by atoms with van der Waals surface area (Å²) in [6.45, 7) is 5.44. The van der Waals surface area contributed by atoms with Crippen LogP contribution in [0.1, 0.15) is 51.3 Å². The Kier molecular flexibility index (Phi) is 9.83. The highest BCUT2D eigenvalue weighted by atomic mass is 16.5. The van der Waals surface area contributed by atoms with Crippen LogP contribution in [-0.2, 0) is 38.3 Å². The minimum atomic E-state index is -0.573. The summed E-state index contributed by atoms with van der Waals surface area (Å²) in [6.07, 6.45) is 2.58. The van der Waals surface area contributed by atoms with Crippen LogP contribution in [0.3, 0.4) is 0 Å². The van der Waals surface area contributed by atoms with E-state index < -0.39 is 5.76 Å². The molecule has 4 aromatic rings. The van der Waals surface area contributed by atoms with Crippen molar-refractivity contribution in [2.75, 3.05) is 49.0 Å². The molecule has 0 spiro atoms. The molecule has 0 saturated carbocycles. The van der Waals surface area contributed by atoms with Crippen LogP contribution in [0.5, 0.6) is 0 Å². The van der Waals surface area contributed by atoms with Crippen LogP contribution >= 0.6 is 0 Å². The fourth-order valence-electron chi connectivity index (χ4n) is 5.74. The third-order valence-corrected chi connectivity index (χ3v) is 8.05. The molecule has 0 unspecified atom stereocenters. The first-order valence-electron chi connectivity index (χ1n) is 15.0.